The van der Waals surface area contributed by atoms with Crippen LogP contribution in [0.15, 0.2) is 0 Å². The van der Waals surface area contributed by atoms with Gasteiger partial charge in [0.25, 0.3) is 0 Å². The van der Waals surface area contributed by atoms with Gasteiger partial charge >= 0.3 is 0 Å². The van der Waals surface area contributed by atoms with Crippen molar-refractivity contribution in [1.82, 2.24) is 0 Å². The Morgan fingerprint density at radius 1 is 0.812 bits per heavy atom. The van der Waals surface area contributed by atoms with Crippen molar-refractivity contribution in [2.45, 2.75) is 53.4 Å². The lowest BCUT2D eigenvalue weighted by Gasteiger charge is -2.38. The van der Waals surface area contributed by atoms with Crippen LogP contribution in [0.4, 0.5) is 0 Å². The highest BCUT2D eigenvalue weighted by atomic mass is 15.3. The Kier molecular flexibility index (Phi) is 14.1. The zero-order chi connectivity index (χ0) is 12.9. The number of nitriles is 1. The molecule has 0 saturated heterocycles. The minimum Gasteiger partial charge on any atom is -0.324 e. The summed E-state index contributed by atoms with van der Waals surface area (Å²) in [7, 11) is 0.0694. The largest absolute Gasteiger partial charge is 0.324 e. The first kappa shape index (κ1) is 17.9. The van der Waals surface area contributed by atoms with Crippen LogP contribution in [0.2, 0.25) is 0 Å². The fraction of sp³-hybridized carbons (Fsp3) is 0.923. The number of hydrogen-bond donors (Lipinski definition) is 0. The Bertz CT molecular complexity index is 146. The summed E-state index contributed by atoms with van der Waals surface area (Å²) in [6.07, 6.45) is 5.33. The zero-order valence-corrected chi connectivity index (χ0v) is 11.1. The second-order valence-electron chi connectivity index (χ2n) is 4.24. The van der Waals surface area contributed by atoms with Crippen molar-refractivity contribution in [2.75, 3.05) is 26.2 Å². The van der Waals surface area contributed by atoms with Crippen LogP contribution in [0.25, 0.3) is 0 Å². The maximum Gasteiger partial charge on any atom is 0.0783 e. The summed E-state index contributed by atoms with van der Waals surface area (Å²) in [5.74, 6) is 2.00. The molecule has 0 aromatic carbocycles. The second kappa shape index (κ2) is 12.6. The fourth-order valence-corrected chi connectivity index (χ4v) is 2.57. The van der Waals surface area contributed by atoms with Gasteiger partial charge in [-0.3, -0.25) is 5.26 Å². The van der Waals surface area contributed by atoms with Crippen LogP contribution in [0.1, 0.15) is 53.4 Å². The summed E-state index contributed by atoms with van der Waals surface area (Å²) in [4.78, 5) is 0. The van der Waals surface area contributed by atoms with Crippen molar-refractivity contribution in [1.29, 1.82) is 5.26 Å². The molecule has 3 heteroatoms. The van der Waals surface area contributed by atoms with Gasteiger partial charge in [0.15, 0.2) is 0 Å². The molecule has 0 radical (unpaired) electrons. The average molecular weight is 226 g/mol. The molecular weight excluding hydrogens is 195 g/mol. The first-order valence-electron chi connectivity index (χ1n) is 6.32. The van der Waals surface area contributed by atoms with E-state index >= 15 is 0 Å². The van der Waals surface area contributed by atoms with Gasteiger partial charge in [0, 0.05) is 0 Å². The number of rotatable bonds is 8. The van der Waals surface area contributed by atoms with Crippen LogP contribution >= 0.6 is 0 Å². The number of quaternary nitrogens is 1. The molecule has 0 saturated carbocycles. The molecule has 0 unspecified atom stereocenters. The maximum absolute atomic E-state index is 7.43. The lowest BCUT2D eigenvalue weighted by molar-refractivity contribution is -0.928. The molecule has 0 bridgehead atoms. The predicted molar refractivity (Wildman–Crippen MR) is 76.4 cm³/mol. The van der Waals surface area contributed by atoms with E-state index in [9.17, 15) is 0 Å². The molecule has 0 fully saturated rings. The summed E-state index contributed by atoms with van der Waals surface area (Å²) in [6.45, 7) is 14.8. The Balaban J connectivity index is 0. The highest BCUT2D eigenvalue weighted by Gasteiger charge is 2.22. The second-order valence-corrected chi connectivity index (χ2v) is 4.24. The van der Waals surface area contributed by atoms with Crippen molar-refractivity contribution in [3.63, 3.8) is 0 Å². The molecule has 0 amide bonds. The van der Waals surface area contributed by atoms with Crippen LogP contribution in [0.5, 0.6) is 0 Å². The third-order valence-corrected chi connectivity index (χ3v) is 2.79. The lowest BCUT2D eigenvalue weighted by Crippen LogP contribution is -2.50. The molecule has 0 N–H and O–H groups in total. The third kappa shape index (κ3) is 8.79. The third-order valence-electron chi connectivity index (χ3n) is 2.79. The minimum absolute atomic E-state index is 0.0694. The molecule has 0 aromatic heterocycles. The fourth-order valence-electron chi connectivity index (χ4n) is 2.57. The van der Waals surface area contributed by atoms with E-state index in [0.717, 1.165) is 0 Å². The van der Waals surface area contributed by atoms with Crippen molar-refractivity contribution in [3.8, 4) is 5.97 Å². The molecule has 0 spiro atoms. The first-order chi connectivity index (χ1) is 7.66. The van der Waals surface area contributed by atoms with Gasteiger partial charge < -0.3 is 4.48 Å². The maximum atomic E-state index is 7.43. The van der Waals surface area contributed by atoms with Crippen LogP contribution in [0.3, 0.4) is 0 Å². The molecule has 2 nitrogen and oxygen atoms in total. The van der Waals surface area contributed by atoms with E-state index in [1.807, 2.05) is 5.97 Å². The molecule has 0 heterocycles. The molecule has 0 aliphatic rings. The molecule has 16 heavy (non-hydrogen) atoms. The molecule has 0 aliphatic carbocycles. The standard InChI is InChI=1S/C12H28N.CH3BN/c1-5-9-13(10-6-2,11-7-3)12-8-4;2-1-3/h5-12H2,1-4H3;2H3/q+1;-1. The van der Waals surface area contributed by atoms with Crippen molar-refractivity contribution in [2.24, 2.45) is 0 Å². The SMILES string of the molecule is CCC[N+](CCC)(CCC)CCC.[BH3-]C#N. The average Bonchev–Trinajstić information content (AvgIpc) is 2.20. The van der Waals surface area contributed by atoms with Gasteiger partial charge in [0.2, 0.25) is 0 Å². The summed E-state index contributed by atoms with van der Waals surface area (Å²) >= 11 is 0. The minimum atomic E-state index is 0.0694. The van der Waals surface area contributed by atoms with E-state index in [0.29, 0.717) is 0 Å². The lowest BCUT2D eigenvalue weighted by atomic mass is 10.2. The summed E-state index contributed by atoms with van der Waals surface area (Å²) in [5.41, 5.74) is 0. The van der Waals surface area contributed by atoms with E-state index < -0.39 is 0 Å². The topological polar surface area (TPSA) is 23.8 Å². The van der Waals surface area contributed by atoms with Gasteiger partial charge in [0.05, 0.1) is 34.0 Å². The molecule has 96 valence electrons. The van der Waals surface area contributed by atoms with E-state index in [1.54, 1.807) is 0 Å². The molecule has 0 aliphatic heterocycles. The van der Waals surface area contributed by atoms with Gasteiger partial charge in [-0.25, -0.2) is 0 Å². The quantitative estimate of drug-likeness (QED) is 0.460. The molecular formula is C13H31BN2. The predicted octanol–water partition coefficient (Wildman–Crippen LogP) is 2.28. The van der Waals surface area contributed by atoms with Crippen LogP contribution < -0.4 is 0 Å². The Hall–Kier alpha value is -0.485. The Labute approximate surface area is 104 Å². The summed E-state index contributed by atoms with van der Waals surface area (Å²) in [6, 6.07) is 0. The summed E-state index contributed by atoms with van der Waals surface area (Å²) < 4.78 is 1.38. The van der Waals surface area contributed by atoms with Gasteiger partial charge in [-0.15, -0.1) is 0 Å². The van der Waals surface area contributed by atoms with Crippen molar-refractivity contribution in [3.05, 3.63) is 0 Å². The van der Waals surface area contributed by atoms with Crippen LogP contribution in [-0.4, -0.2) is 38.5 Å². The monoisotopic (exact) mass is 226 g/mol. The van der Waals surface area contributed by atoms with Gasteiger partial charge in [0.1, 0.15) is 0 Å². The van der Waals surface area contributed by atoms with Gasteiger partial charge in [-0.05, 0) is 25.7 Å². The molecule has 0 atom stereocenters. The Morgan fingerprint density at radius 2 is 1.00 bits per heavy atom. The number of hydrogen-bond acceptors (Lipinski definition) is 1. The smallest absolute Gasteiger partial charge is 0.0783 e. The number of nitrogens with zero attached hydrogens (tertiary/aromatic N) is 2. The highest BCUT2D eigenvalue weighted by molar-refractivity contribution is 6.20. The highest BCUT2D eigenvalue weighted by Crippen LogP contribution is 2.12. The van der Waals surface area contributed by atoms with Gasteiger partial charge in [-0.2, -0.15) is 5.97 Å². The molecule has 0 rings (SSSR count). The van der Waals surface area contributed by atoms with Gasteiger partial charge in [-0.1, -0.05) is 27.7 Å². The normalized spacial score (nSPS) is 10.2. The summed E-state index contributed by atoms with van der Waals surface area (Å²) in [5, 5.41) is 7.43. The zero-order valence-electron chi connectivity index (χ0n) is 11.1. The first-order valence-corrected chi connectivity index (χ1v) is 6.32. The Morgan fingerprint density at radius 3 is 1.12 bits per heavy atom. The van der Waals surface area contributed by atoms with E-state index in [-0.39, 0.29) is 7.85 Å². The van der Waals surface area contributed by atoms with E-state index in [2.05, 4.69) is 27.7 Å². The van der Waals surface area contributed by atoms with Crippen LogP contribution in [-0.2, 0) is 0 Å². The van der Waals surface area contributed by atoms with Crippen molar-refractivity contribution >= 4 is 7.85 Å². The van der Waals surface area contributed by atoms with Crippen LogP contribution in [0, 0.1) is 11.2 Å². The van der Waals surface area contributed by atoms with Crippen molar-refractivity contribution < 1.29 is 4.48 Å². The van der Waals surface area contributed by atoms with E-state index in [1.165, 1.54) is 56.3 Å². The molecule has 0 aromatic rings. The van der Waals surface area contributed by atoms with E-state index in [4.69, 9.17) is 5.26 Å².